The first kappa shape index (κ1) is 20.7. The molecule has 2 heterocycles. The molecule has 0 aliphatic heterocycles. The lowest BCUT2D eigenvalue weighted by Gasteiger charge is -2.19. The molecule has 0 saturated carbocycles. The number of nitrogens with one attached hydrogen (secondary N) is 1. The van der Waals surface area contributed by atoms with Crippen molar-refractivity contribution >= 4 is 17.4 Å². The fourth-order valence-electron chi connectivity index (χ4n) is 3.47. The van der Waals surface area contributed by atoms with Crippen molar-refractivity contribution in [3.05, 3.63) is 82.8 Å². The van der Waals surface area contributed by atoms with Crippen LogP contribution in [-0.2, 0) is 5.41 Å². The summed E-state index contributed by atoms with van der Waals surface area (Å²) in [7, 11) is 0. The molecule has 4 aromatic rings. The van der Waals surface area contributed by atoms with Crippen LogP contribution in [0.2, 0.25) is 0 Å². The second kappa shape index (κ2) is 7.61. The molecule has 2 aromatic carbocycles. The van der Waals surface area contributed by atoms with Gasteiger partial charge in [-0.2, -0.15) is 5.10 Å². The number of aryl methyl sites for hydroxylation is 2. The Morgan fingerprint density at radius 2 is 1.71 bits per heavy atom. The topological polar surface area (TPSA) is 59.3 Å². The molecule has 0 radical (unpaired) electrons. The highest BCUT2D eigenvalue weighted by Crippen LogP contribution is 2.26. The second-order valence-electron chi connectivity index (χ2n) is 8.83. The van der Waals surface area contributed by atoms with Crippen LogP contribution in [0.1, 0.15) is 48.0 Å². The van der Waals surface area contributed by atoms with E-state index in [0.29, 0.717) is 22.6 Å². The van der Waals surface area contributed by atoms with Gasteiger partial charge in [-0.15, -0.1) is 0 Å². The number of nitrogens with zero attached hydrogens (tertiary/aromatic N) is 3. The summed E-state index contributed by atoms with van der Waals surface area (Å²) < 4.78 is 15.5. The van der Waals surface area contributed by atoms with E-state index >= 15 is 0 Å². The van der Waals surface area contributed by atoms with Crippen LogP contribution in [0, 0.1) is 19.7 Å². The Morgan fingerprint density at radius 3 is 2.35 bits per heavy atom. The summed E-state index contributed by atoms with van der Waals surface area (Å²) in [5, 5.41) is 7.39. The second-order valence-corrected chi connectivity index (χ2v) is 8.83. The van der Waals surface area contributed by atoms with Crippen molar-refractivity contribution in [2.45, 2.75) is 40.0 Å². The van der Waals surface area contributed by atoms with E-state index in [1.807, 2.05) is 37.3 Å². The molecule has 1 N–H and O–H groups in total. The van der Waals surface area contributed by atoms with E-state index in [9.17, 15) is 9.18 Å². The van der Waals surface area contributed by atoms with Crippen molar-refractivity contribution in [3.63, 3.8) is 0 Å². The summed E-state index contributed by atoms with van der Waals surface area (Å²) in [5.74, 6) is -0.0954. The zero-order chi connectivity index (χ0) is 22.3. The molecule has 0 spiro atoms. The number of carbonyl (C=O) groups excluding carboxylic acids is 1. The van der Waals surface area contributed by atoms with Crippen LogP contribution in [0.5, 0.6) is 0 Å². The van der Waals surface area contributed by atoms with Crippen LogP contribution >= 0.6 is 0 Å². The highest BCUT2D eigenvalue weighted by molar-refractivity contribution is 6.04. The molecule has 0 aliphatic rings. The average Bonchev–Trinajstić information content (AvgIpc) is 3.09. The third-order valence-electron chi connectivity index (χ3n) is 5.26. The first-order valence-corrected chi connectivity index (χ1v) is 10.2. The van der Waals surface area contributed by atoms with Gasteiger partial charge in [0.15, 0.2) is 5.65 Å². The smallest absolute Gasteiger partial charge is 0.256 e. The van der Waals surface area contributed by atoms with Gasteiger partial charge in [0, 0.05) is 23.3 Å². The van der Waals surface area contributed by atoms with Crippen molar-refractivity contribution in [2.75, 3.05) is 5.32 Å². The van der Waals surface area contributed by atoms with Gasteiger partial charge in [0.05, 0.1) is 11.4 Å². The van der Waals surface area contributed by atoms with E-state index in [-0.39, 0.29) is 17.1 Å². The highest BCUT2D eigenvalue weighted by Gasteiger charge is 2.16. The number of fused-ring (bicyclic) bond motifs is 1. The summed E-state index contributed by atoms with van der Waals surface area (Å²) >= 11 is 0. The minimum Gasteiger partial charge on any atom is -0.306 e. The number of benzene rings is 2. The number of anilines is 1. The molecule has 2 aromatic heterocycles. The van der Waals surface area contributed by atoms with E-state index in [0.717, 1.165) is 22.5 Å². The molecule has 31 heavy (non-hydrogen) atoms. The number of carbonyl (C=O) groups is 1. The highest BCUT2D eigenvalue weighted by atomic mass is 19.1. The van der Waals surface area contributed by atoms with Gasteiger partial charge in [-0.25, -0.2) is 13.9 Å². The van der Waals surface area contributed by atoms with Gasteiger partial charge >= 0.3 is 0 Å². The van der Waals surface area contributed by atoms with Crippen LogP contribution in [-0.4, -0.2) is 20.5 Å². The Balaban J connectivity index is 1.71. The molecule has 0 bridgehead atoms. The van der Waals surface area contributed by atoms with Crippen molar-refractivity contribution in [2.24, 2.45) is 0 Å². The minimum absolute atomic E-state index is 0.0175. The molecule has 4 rings (SSSR count). The lowest BCUT2D eigenvalue weighted by atomic mass is 9.87. The first-order valence-electron chi connectivity index (χ1n) is 10.2. The summed E-state index contributed by atoms with van der Waals surface area (Å²) in [6, 6.07) is 16.1. The summed E-state index contributed by atoms with van der Waals surface area (Å²) in [4.78, 5) is 17.4. The van der Waals surface area contributed by atoms with E-state index in [1.54, 1.807) is 29.6 Å². The van der Waals surface area contributed by atoms with Gasteiger partial charge < -0.3 is 5.32 Å². The quantitative estimate of drug-likeness (QED) is 0.466. The predicted octanol–water partition coefficient (Wildman–Crippen LogP) is 5.70. The van der Waals surface area contributed by atoms with E-state index in [4.69, 9.17) is 0 Å². The van der Waals surface area contributed by atoms with Gasteiger partial charge in [-0.05, 0) is 60.7 Å². The predicted molar refractivity (Wildman–Crippen MR) is 121 cm³/mol. The van der Waals surface area contributed by atoms with Crippen molar-refractivity contribution in [3.8, 4) is 11.3 Å². The Bertz CT molecular complexity index is 1280. The number of hydrogen-bond donors (Lipinski definition) is 1. The van der Waals surface area contributed by atoms with Crippen molar-refractivity contribution in [1.29, 1.82) is 0 Å². The maximum Gasteiger partial charge on any atom is 0.256 e. The molecule has 1 amide bonds. The molecule has 0 atom stereocenters. The molecule has 158 valence electrons. The number of hydrogen-bond acceptors (Lipinski definition) is 3. The fraction of sp³-hybridized carbons (Fsp3) is 0.240. The van der Waals surface area contributed by atoms with Crippen LogP contribution in [0.25, 0.3) is 16.9 Å². The monoisotopic (exact) mass is 416 g/mol. The maximum atomic E-state index is 13.8. The SMILES string of the molecule is Cc1cc2nc(NC(=O)c3ccc(C(C)(C)C)cc3)cc(-c3ccc(F)c(C)c3)n2n1. The summed E-state index contributed by atoms with van der Waals surface area (Å²) in [6.45, 7) is 9.99. The minimum atomic E-state index is -0.266. The Kier molecular flexibility index (Phi) is 5.09. The lowest BCUT2D eigenvalue weighted by molar-refractivity contribution is 0.102. The normalized spacial score (nSPS) is 11.7. The number of rotatable bonds is 3. The number of aromatic nitrogens is 3. The van der Waals surface area contributed by atoms with Gasteiger partial charge in [-0.3, -0.25) is 4.79 Å². The van der Waals surface area contributed by atoms with Gasteiger partial charge in [0.25, 0.3) is 5.91 Å². The Labute approximate surface area is 181 Å². The van der Waals surface area contributed by atoms with E-state index in [2.05, 4.69) is 36.2 Å². The molecular formula is C25H25FN4O. The van der Waals surface area contributed by atoms with Crippen LogP contribution < -0.4 is 5.32 Å². The summed E-state index contributed by atoms with van der Waals surface area (Å²) in [5.41, 5.74) is 5.19. The van der Waals surface area contributed by atoms with Gasteiger partial charge in [0.2, 0.25) is 0 Å². The molecule has 0 fully saturated rings. The first-order chi connectivity index (χ1) is 14.6. The number of amides is 1. The molecular weight excluding hydrogens is 391 g/mol. The average molecular weight is 417 g/mol. The Hall–Kier alpha value is -3.54. The zero-order valence-corrected chi connectivity index (χ0v) is 18.3. The van der Waals surface area contributed by atoms with E-state index < -0.39 is 0 Å². The number of halogens is 1. The lowest BCUT2D eigenvalue weighted by Crippen LogP contribution is -2.15. The molecule has 6 heteroatoms. The van der Waals surface area contributed by atoms with Crippen LogP contribution in [0.15, 0.2) is 54.6 Å². The van der Waals surface area contributed by atoms with Crippen molar-refractivity contribution < 1.29 is 9.18 Å². The standard InChI is InChI=1S/C25H25FN4O/c1-15-12-18(8-11-20(15)26)21-14-22(27-23-13-16(2)29-30(21)23)28-24(31)17-6-9-19(10-7-17)25(3,4)5/h6-14H,1-5H3,(H,27,28,31). The van der Waals surface area contributed by atoms with E-state index in [1.165, 1.54) is 6.07 Å². The zero-order valence-electron chi connectivity index (χ0n) is 18.3. The van der Waals surface area contributed by atoms with Gasteiger partial charge in [0.1, 0.15) is 11.6 Å². The Morgan fingerprint density at radius 1 is 1.00 bits per heavy atom. The van der Waals surface area contributed by atoms with Gasteiger partial charge in [-0.1, -0.05) is 32.9 Å². The molecule has 5 nitrogen and oxygen atoms in total. The third-order valence-corrected chi connectivity index (χ3v) is 5.26. The van der Waals surface area contributed by atoms with Crippen LogP contribution in [0.4, 0.5) is 10.2 Å². The fourth-order valence-corrected chi connectivity index (χ4v) is 3.47. The summed E-state index contributed by atoms with van der Waals surface area (Å²) in [6.07, 6.45) is 0. The van der Waals surface area contributed by atoms with Crippen LogP contribution in [0.3, 0.4) is 0 Å². The molecule has 0 aliphatic carbocycles. The maximum absolute atomic E-state index is 13.8. The largest absolute Gasteiger partial charge is 0.306 e. The molecule has 0 unspecified atom stereocenters. The third kappa shape index (κ3) is 4.19. The molecule has 0 saturated heterocycles. The van der Waals surface area contributed by atoms with Crippen molar-refractivity contribution in [1.82, 2.24) is 14.6 Å².